The lowest BCUT2D eigenvalue weighted by atomic mass is 10.1. The van der Waals surface area contributed by atoms with Crippen LogP contribution in [0, 0.1) is 0 Å². The molecule has 1 heterocycles. The Kier molecular flexibility index (Phi) is 3.64. The van der Waals surface area contributed by atoms with Gasteiger partial charge in [-0.1, -0.05) is 13.0 Å². The second kappa shape index (κ2) is 5.19. The van der Waals surface area contributed by atoms with Gasteiger partial charge in [0.15, 0.2) is 0 Å². The molecule has 0 unspecified atom stereocenters. The van der Waals surface area contributed by atoms with Crippen LogP contribution in [-0.4, -0.2) is 48.7 Å². The lowest BCUT2D eigenvalue weighted by Gasteiger charge is -2.35. The van der Waals surface area contributed by atoms with Crippen LogP contribution < -0.4 is 4.90 Å². The van der Waals surface area contributed by atoms with Crippen LogP contribution >= 0.6 is 0 Å². The van der Waals surface area contributed by atoms with Gasteiger partial charge >= 0.3 is 5.97 Å². The average molecular weight is 234 g/mol. The van der Waals surface area contributed by atoms with Crippen molar-refractivity contribution < 1.29 is 9.90 Å². The van der Waals surface area contributed by atoms with Gasteiger partial charge in [-0.05, 0) is 24.7 Å². The molecular weight excluding hydrogens is 216 g/mol. The molecule has 0 aromatic heterocycles. The first kappa shape index (κ1) is 11.9. The van der Waals surface area contributed by atoms with E-state index in [9.17, 15) is 4.79 Å². The number of hydrogen-bond acceptors (Lipinski definition) is 3. The largest absolute Gasteiger partial charge is 0.478 e. The summed E-state index contributed by atoms with van der Waals surface area (Å²) in [5.74, 6) is -0.862. The van der Waals surface area contributed by atoms with Gasteiger partial charge in [-0.15, -0.1) is 0 Å². The quantitative estimate of drug-likeness (QED) is 0.861. The van der Waals surface area contributed by atoms with Crippen LogP contribution in [0.2, 0.25) is 0 Å². The van der Waals surface area contributed by atoms with Crippen LogP contribution in [0.4, 0.5) is 5.69 Å². The number of carboxylic acid groups (broad SMARTS) is 1. The molecule has 1 aromatic rings. The Morgan fingerprint density at radius 2 is 2.00 bits per heavy atom. The maximum absolute atomic E-state index is 10.9. The summed E-state index contributed by atoms with van der Waals surface area (Å²) in [6, 6.07) is 7.18. The lowest BCUT2D eigenvalue weighted by Crippen LogP contribution is -2.46. The van der Waals surface area contributed by atoms with E-state index in [1.165, 1.54) is 0 Å². The molecule has 0 saturated carbocycles. The topological polar surface area (TPSA) is 43.8 Å². The molecule has 0 bridgehead atoms. The molecule has 1 aliphatic heterocycles. The smallest absolute Gasteiger partial charge is 0.335 e. The summed E-state index contributed by atoms with van der Waals surface area (Å²) in [5, 5.41) is 8.96. The van der Waals surface area contributed by atoms with E-state index in [-0.39, 0.29) is 0 Å². The summed E-state index contributed by atoms with van der Waals surface area (Å²) in [4.78, 5) is 15.6. The Morgan fingerprint density at radius 3 is 2.59 bits per heavy atom. The van der Waals surface area contributed by atoms with Crippen LogP contribution in [0.3, 0.4) is 0 Å². The minimum atomic E-state index is -0.862. The minimum absolute atomic E-state index is 0.362. The Balaban J connectivity index is 2.08. The van der Waals surface area contributed by atoms with Crippen LogP contribution in [0.15, 0.2) is 24.3 Å². The monoisotopic (exact) mass is 234 g/mol. The first-order valence-corrected chi connectivity index (χ1v) is 6.01. The van der Waals surface area contributed by atoms with Crippen molar-refractivity contribution in [1.82, 2.24) is 4.90 Å². The molecule has 0 atom stereocenters. The molecule has 1 aliphatic rings. The molecule has 2 rings (SSSR count). The summed E-state index contributed by atoms with van der Waals surface area (Å²) in [6.45, 7) is 7.29. The zero-order chi connectivity index (χ0) is 12.3. The van der Waals surface area contributed by atoms with E-state index >= 15 is 0 Å². The summed E-state index contributed by atoms with van der Waals surface area (Å²) in [7, 11) is 0. The molecule has 17 heavy (non-hydrogen) atoms. The van der Waals surface area contributed by atoms with E-state index in [1.54, 1.807) is 12.1 Å². The number of anilines is 1. The second-order valence-corrected chi connectivity index (χ2v) is 4.28. The van der Waals surface area contributed by atoms with E-state index in [2.05, 4.69) is 16.7 Å². The average Bonchev–Trinajstić information content (AvgIpc) is 2.39. The number of aromatic carboxylic acids is 1. The van der Waals surface area contributed by atoms with Gasteiger partial charge in [0.05, 0.1) is 5.56 Å². The van der Waals surface area contributed by atoms with Crippen molar-refractivity contribution in [2.24, 2.45) is 0 Å². The molecule has 4 nitrogen and oxygen atoms in total. The van der Waals surface area contributed by atoms with Crippen LogP contribution in [0.1, 0.15) is 17.3 Å². The third-order valence-electron chi connectivity index (χ3n) is 3.28. The predicted molar refractivity (Wildman–Crippen MR) is 67.7 cm³/mol. The van der Waals surface area contributed by atoms with Crippen molar-refractivity contribution in [3.8, 4) is 0 Å². The third kappa shape index (κ3) is 2.77. The van der Waals surface area contributed by atoms with Crippen molar-refractivity contribution in [1.29, 1.82) is 0 Å². The van der Waals surface area contributed by atoms with Gasteiger partial charge < -0.3 is 14.9 Å². The lowest BCUT2D eigenvalue weighted by molar-refractivity contribution is 0.0697. The van der Waals surface area contributed by atoms with Crippen molar-refractivity contribution >= 4 is 11.7 Å². The molecule has 1 fully saturated rings. The number of carboxylic acids is 1. The summed E-state index contributed by atoms with van der Waals surface area (Å²) in [6.07, 6.45) is 0. The molecule has 4 heteroatoms. The fraction of sp³-hybridized carbons (Fsp3) is 0.462. The Morgan fingerprint density at radius 1 is 1.29 bits per heavy atom. The standard InChI is InChI=1S/C13H18N2O2/c1-2-14-6-8-15(9-7-14)12-5-3-4-11(10-12)13(16)17/h3-5,10H,2,6-9H2,1H3,(H,16,17). The SMILES string of the molecule is CCN1CCN(c2cccc(C(=O)O)c2)CC1. The first-order chi connectivity index (χ1) is 8.20. The summed E-state index contributed by atoms with van der Waals surface area (Å²) < 4.78 is 0. The Bertz CT molecular complexity index is 398. The maximum atomic E-state index is 10.9. The molecule has 1 saturated heterocycles. The Hall–Kier alpha value is -1.55. The zero-order valence-corrected chi connectivity index (χ0v) is 10.1. The van der Waals surface area contributed by atoms with Crippen molar-refractivity contribution in [2.45, 2.75) is 6.92 Å². The number of likely N-dealkylation sites (N-methyl/N-ethyl adjacent to an activating group) is 1. The number of nitrogens with zero attached hydrogens (tertiary/aromatic N) is 2. The van der Waals surface area contributed by atoms with Gasteiger partial charge in [0.1, 0.15) is 0 Å². The molecule has 1 N–H and O–H groups in total. The molecule has 0 aliphatic carbocycles. The van der Waals surface area contributed by atoms with Crippen molar-refractivity contribution in [3.63, 3.8) is 0 Å². The van der Waals surface area contributed by atoms with Gasteiger partial charge in [-0.2, -0.15) is 0 Å². The number of carbonyl (C=O) groups is 1. The summed E-state index contributed by atoms with van der Waals surface area (Å²) in [5.41, 5.74) is 1.38. The van der Waals surface area contributed by atoms with Gasteiger partial charge in [-0.3, -0.25) is 0 Å². The van der Waals surface area contributed by atoms with Crippen LogP contribution in [0.5, 0.6) is 0 Å². The van der Waals surface area contributed by atoms with Crippen molar-refractivity contribution in [3.05, 3.63) is 29.8 Å². The fourth-order valence-electron chi connectivity index (χ4n) is 2.16. The predicted octanol–water partition coefficient (Wildman–Crippen LogP) is 1.53. The number of hydrogen-bond donors (Lipinski definition) is 1. The highest BCUT2D eigenvalue weighted by Crippen LogP contribution is 2.18. The van der Waals surface area contributed by atoms with Gasteiger partial charge in [0, 0.05) is 31.9 Å². The highest BCUT2D eigenvalue weighted by Gasteiger charge is 2.16. The summed E-state index contributed by atoms with van der Waals surface area (Å²) >= 11 is 0. The van der Waals surface area contributed by atoms with Gasteiger partial charge in [0.25, 0.3) is 0 Å². The van der Waals surface area contributed by atoms with Gasteiger partial charge in [0.2, 0.25) is 0 Å². The van der Waals surface area contributed by atoms with Crippen LogP contribution in [0.25, 0.3) is 0 Å². The Labute approximate surface area is 101 Å². The fourth-order valence-corrected chi connectivity index (χ4v) is 2.16. The first-order valence-electron chi connectivity index (χ1n) is 6.01. The van der Waals surface area contributed by atoms with E-state index in [0.29, 0.717) is 5.56 Å². The van der Waals surface area contributed by atoms with E-state index < -0.39 is 5.97 Å². The van der Waals surface area contributed by atoms with E-state index in [1.807, 2.05) is 12.1 Å². The van der Waals surface area contributed by atoms with E-state index in [4.69, 9.17) is 5.11 Å². The molecule has 92 valence electrons. The second-order valence-electron chi connectivity index (χ2n) is 4.28. The number of benzene rings is 1. The maximum Gasteiger partial charge on any atom is 0.335 e. The highest BCUT2D eigenvalue weighted by atomic mass is 16.4. The normalized spacial score (nSPS) is 17.1. The molecule has 0 radical (unpaired) electrons. The molecule has 1 aromatic carbocycles. The van der Waals surface area contributed by atoms with Crippen molar-refractivity contribution in [2.75, 3.05) is 37.6 Å². The molecular formula is C13H18N2O2. The molecule has 0 amide bonds. The van der Waals surface area contributed by atoms with Gasteiger partial charge in [-0.25, -0.2) is 4.79 Å². The number of piperazine rings is 1. The highest BCUT2D eigenvalue weighted by molar-refractivity contribution is 5.88. The minimum Gasteiger partial charge on any atom is -0.478 e. The third-order valence-corrected chi connectivity index (χ3v) is 3.28. The number of rotatable bonds is 3. The molecule has 0 spiro atoms. The van der Waals surface area contributed by atoms with Crippen LogP contribution in [-0.2, 0) is 0 Å². The zero-order valence-electron chi connectivity index (χ0n) is 10.1. The van der Waals surface area contributed by atoms with E-state index in [0.717, 1.165) is 38.4 Å².